The minimum atomic E-state index is -0.151. The number of piperidine rings is 1. The molecule has 3 nitrogen and oxygen atoms in total. The Bertz CT molecular complexity index is 402. The lowest BCUT2D eigenvalue weighted by atomic mass is 9.94. The predicted molar refractivity (Wildman–Crippen MR) is 61.6 cm³/mol. The van der Waals surface area contributed by atoms with E-state index in [1.807, 2.05) is 11.4 Å². The highest BCUT2D eigenvalue weighted by Crippen LogP contribution is 2.27. The van der Waals surface area contributed by atoms with Crippen LogP contribution in [0.1, 0.15) is 17.7 Å². The molecule has 5 heteroatoms. The van der Waals surface area contributed by atoms with Crippen LogP contribution < -0.4 is 5.32 Å². The van der Waals surface area contributed by atoms with Crippen molar-refractivity contribution in [3.05, 3.63) is 20.8 Å². The van der Waals surface area contributed by atoms with E-state index in [0.717, 1.165) is 10.9 Å². The average Bonchev–Trinajstić information content (AvgIpc) is 2.57. The van der Waals surface area contributed by atoms with Crippen LogP contribution in [-0.2, 0) is 16.0 Å². The summed E-state index contributed by atoms with van der Waals surface area (Å²) in [5, 5.41) is 4.36. The van der Waals surface area contributed by atoms with Crippen molar-refractivity contribution in [3.63, 3.8) is 0 Å². The molecule has 0 spiro atoms. The molecule has 1 atom stereocenters. The standard InChI is InChI=1S/C10H10BrNO2S/c11-7-3-4-15-8(7)5-6-1-2-9(13)12-10(6)14/h3-4,6H,1-2,5H2,(H,12,13,14). The van der Waals surface area contributed by atoms with E-state index in [-0.39, 0.29) is 17.7 Å². The first kappa shape index (κ1) is 10.8. The molecule has 2 rings (SSSR count). The third kappa shape index (κ3) is 2.46. The van der Waals surface area contributed by atoms with Crippen LogP contribution in [0, 0.1) is 5.92 Å². The van der Waals surface area contributed by atoms with Crippen LogP contribution in [0.2, 0.25) is 0 Å². The Balaban J connectivity index is 2.04. The summed E-state index contributed by atoms with van der Waals surface area (Å²) in [6.07, 6.45) is 1.84. The molecule has 0 aromatic carbocycles. The van der Waals surface area contributed by atoms with Crippen LogP contribution in [0.5, 0.6) is 0 Å². The number of thiophene rings is 1. The number of imide groups is 1. The van der Waals surface area contributed by atoms with E-state index in [2.05, 4.69) is 21.2 Å². The summed E-state index contributed by atoms with van der Waals surface area (Å²) in [4.78, 5) is 23.6. The number of halogens is 1. The summed E-state index contributed by atoms with van der Waals surface area (Å²) in [6.45, 7) is 0. The Morgan fingerprint density at radius 2 is 2.33 bits per heavy atom. The van der Waals surface area contributed by atoms with Crippen molar-refractivity contribution < 1.29 is 9.59 Å². The quantitative estimate of drug-likeness (QED) is 0.847. The highest BCUT2D eigenvalue weighted by molar-refractivity contribution is 9.10. The maximum absolute atomic E-state index is 11.5. The lowest BCUT2D eigenvalue weighted by Gasteiger charge is -2.20. The van der Waals surface area contributed by atoms with Gasteiger partial charge < -0.3 is 0 Å². The number of nitrogens with one attached hydrogen (secondary N) is 1. The minimum Gasteiger partial charge on any atom is -0.296 e. The zero-order valence-electron chi connectivity index (χ0n) is 7.96. The van der Waals surface area contributed by atoms with Crippen molar-refractivity contribution in [2.45, 2.75) is 19.3 Å². The van der Waals surface area contributed by atoms with Gasteiger partial charge in [0.2, 0.25) is 11.8 Å². The maximum atomic E-state index is 11.5. The van der Waals surface area contributed by atoms with Gasteiger partial charge in [-0.25, -0.2) is 0 Å². The van der Waals surface area contributed by atoms with E-state index in [1.165, 1.54) is 4.88 Å². The molecule has 2 amide bonds. The Morgan fingerprint density at radius 3 is 2.93 bits per heavy atom. The van der Waals surface area contributed by atoms with Gasteiger partial charge in [0.05, 0.1) is 0 Å². The molecule has 15 heavy (non-hydrogen) atoms. The number of amides is 2. The largest absolute Gasteiger partial charge is 0.296 e. The molecule has 1 aliphatic rings. The SMILES string of the molecule is O=C1CCC(Cc2sccc2Br)C(=O)N1. The van der Waals surface area contributed by atoms with Gasteiger partial charge in [0.1, 0.15) is 0 Å². The first-order chi connectivity index (χ1) is 7.16. The van der Waals surface area contributed by atoms with E-state index in [9.17, 15) is 9.59 Å². The molecule has 0 saturated carbocycles. The Hall–Kier alpha value is -0.680. The molecular weight excluding hydrogens is 278 g/mol. The molecule has 1 aromatic heterocycles. The molecule has 1 unspecified atom stereocenters. The Morgan fingerprint density at radius 1 is 1.53 bits per heavy atom. The van der Waals surface area contributed by atoms with Gasteiger partial charge in [0, 0.05) is 21.7 Å². The van der Waals surface area contributed by atoms with Crippen molar-refractivity contribution in [3.8, 4) is 0 Å². The average molecular weight is 288 g/mol. The molecule has 1 fully saturated rings. The number of carbonyl (C=O) groups is 2. The van der Waals surface area contributed by atoms with Gasteiger partial charge in [0.15, 0.2) is 0 Å². The van der Waals surface area contributed by atoms with Gasteiger partial charge in [-0.1, -0.05) is 0 Å². The predicted octanol–water partition coefficient (Wildman–Crippen LogP) is 2.11. The van der Waals surface area contributed by atoms with E-state index in [0.29, 0.717) is 12.8 Å². The van der Waals surface area contributed by atoms with Crippen LogP contribution in [0.15, 0.2) is 15.9 Å². The van der Waals surface area contributed by atoms with Crippen LogP contribution in [0.25, 0.3) is 0 Å². The number of carbonyl (C=O) groups excluding carboxylic acids is 2. The van der Waals surface area contributed by atoms with Crippen LogP contribution in [0.3, 0.4) is 0 Å². The summed E-state index contributed by atoms with van der Waals surface area (Å²) in [7, 11) is 0. The zero-order valence-corrected chi connectivity index (χ0v) is 10.4. The van der Waals surface area contributed by atoms with Crippen molar-refractivity contribution in [1.82, 2.24) is 5.32 Å². The normalized spacial score (nSPS) is 21.5. The van der Waals surface area contributed by atoms with E-state index >= 15 is 0 Å². The first-order valence-corrected chi connectivity index (χ1v) is 6.39. The number of hydrogen-bond donors (Lipinski definition) is 1. The molecule has 0 radical (unpaired) electrons. The van der Waals surface area contributed by atoms with Gasteiger partial charge in [-0.3, -0.25) is 14.9 Å². The lowest BCUT2D eigenvalue weighted by Crippen LogP contribution is -2.41. The van der Waals surface area contributed by atoms with E-state index in [4.69, 9.17) is 0 Å². The smallest absolute Gasteiger partial charge is 0.230 e. The highest BCUT2D eigenvalue weighted by atomic mass is 79.9. The molecule has 1 N–H and O–H groups in total. The Labute approximate surface area is 100.0 Å². The van der Waals surface area contributed by atoms with Crippen molar-refractivity contribution in [2.24, 2.45) is 5.92 Å². The maximum Gasteiger partial charge on any atom is 0.230 e. The van der Waals surface area contributed by atoms with Gasteiger partial charge in [-0.15, -0.1) is 11.3 Å². The minimum absolute atomic E-state index is 0.0577. The van der Waals surface area contributed by atoms with Gasteiger partial charge >= 0.3 is 0 Å². The molecule has 1 aromatic rings. The topological polar surface area (TPSA) is 46.2 Å². The molecule has 1 aliphatic heterocycles. The molecule has 2 heterocycles. The molecule has 80 valence electrons. The zero-order chi connectivity index (χ0) is 10.8. The first-order valence-electron chi connectivity index (χ1n) is 4.72. The molecule has 1 saturated heterocycles. The van der Waals surface area contributed by atoms with Crippen LogP contribution in [0.4, 0.5) is 0 Å². The summed E-state index contributed by atoms with van der Waals surface area (Å²) in [5.41, 5.74) is 0. The van der Waals surface area contributed by atoms with Crippen LogP contribution >= 0.6 is 27.3 Å². The van der Waals surface area contributed by atoms with Crippen LogP contribution in [-0.4, -0.2) is 11.8 Å². The fourth-order valence-electron chi connectivity index (χ4n) is 1.63. The van der Waals surface area contributed by atoms with Gasteiger partial charge in [-0.05, 0) is 40.2 Å². The second-order valence-electron chi connectivity index (χ2n) is 3.54. The monoisotopic (exact) mass is 287 g/mol. The number of rotatable bonds is 2. The molecule has 0 bridgehead atoms. The number of hydrogen-bond acceptors (Lipinski definition) is 3. The summed E-state index contributed by atoms with van der Waals surface area (Å²) in [5.74, 6) is -0.342. The second-order valence-corrected chi connectivity index (χ2v) is 5.40. The summed E-state index contributed by atoms with van der Waals surface area (Å²) >= 11 is 5.07. The third-order valence-electron chi connectivity index (χ3n) is 2.48. The fraction of sp³-hybridized carbons (Fsp3) is 0.400. The van der Waals surface area contributed by atoms with Crippen molar-refractivity contribution in [1.29, 1.82) is 0 Å². The molecule has 0 aliphatic carbocycles. The summed E-state index contributed by atoms with van der Waals surface area (Å²) in [6, 6.07) is 1.98. The fourth-order valence-corrected chi connectivity index (χ4v) is 3.22. The molecular formula is C10H10BrNO2S. The Kier molecular flexibility index (Phi) is 3.21. The van der Waals surface area contributed by atoms with Gasteiger partial charge in [0.25, 0.3) is 0 Å². The lowest BCUT2D eigenvalue weighted by molar-refractivity contribution is -0.136. The van der Waals surface area contributed by atoms with E-state index in [1.54, 1.807) is 11.3 Å². The third-order valence-corrected chi connectivity index (χ3v) is 4.42. The van der Waals surface area contributed by atoms with Crippen molar-refractivity contribution in [2.75, 3.05) is 0 Å². The van der Waals surface area contributed by atoms with Gasteiger partial charge in [-0.2, -0.15) is 0 Å². The highest BCUT2D eigenvalue weighted by Gasteiger charge is 2.27. The van der Waals surface area contributed by atoms with E-state index < -0.39 is 0 Å². The van der Waals surface area contributed by atoms with Crippen molar-refractivity contribution >= 4 is 39.1 Å². The second kappa shape index (κ2) is 4.45. The summed E-state index contributed by atoms with van der Waals surface area (Å²) < 4.78 is 1.05.